The average molecular weight is 263 g/mol. The van der Waals surface area contributed by atoms with E-state index >= 15 is 0 Å². The van der Waals surface area contributed by atoms with Crippen LogP contribution in [0.3, 0.4) is 0 Å². The van der Waals surface area contributed by atoms with E-state index in [0.717, 1.165) is 26.3 Å². The Kier molecular flexibility index (Phi) is 24.7. The van der Waals surface area contributed by atoms with Gasteiger partial charge in [-0.2, -0.15) is 0 Å². The van der Waals surface area contributed by atoms with Crippen LogP contribution in [-0.4, -0.2) is 53.7 Å². The van der Waals surface area contributed by atoms with Crippen LogP contribution in [0.2, 0.25) is 0 Å². The van der Waals surface area contributed by atoms with Crippen molar-refractivity contribution in [2.45, 2.75) is 39.5 Å². The summed E-state index contributed by atoms with van der Waals surface area (Å²) in [5.41, 5.74) is 0. The van der Waals surface area contributed by atoms with E-state index in [2.05, 4.69) is 5.32 Å². The largest absolute Gasteiger partial charge is 0.385 e. The Labute approximate surface area is 113 Å². The first-order chi connectivity index (χ1) is 8.91. The van der Waals surface area contributed by atoms with Crippen molar-refractivity contribution in [3.63, 3.8) is 0 Å². The minimum absolute atomic E-state index is 0.680. The van der Waals surface area contributed by atoms with Gasteiger partial charge in [-0.3, -0.25) is 0 Å². The average Bonchev–Trinajstić information content (AvgIpc) is 2.42. The van der Waals surface area contributed by atoms with Gasteiger partial charge >= 0.3 is 0 Å². The van der Waals surface area contributed by atoms with Gasteiger partial charge in [-0.1, -0.05) is 26.7 Å². The minimum atomic E-state index is 0.680. The van der Waals surface area contributed by atoms with Crippen LogP contribution in [0.25, 0.3) is 0 Å². The van der Waals surface area contributed by atoms with Crippen LogP contribution in [0.15, 0.2) is 0 Å². The molecule has 0 unspecified atom stereocenters. The molecule has 1 N–H and O–H groups in total. The van der Waals surface area contributed by atoms with Crippen molar-refractivity contribution in [2.75, 3.05) is 53.7 Å². The third-order valence-electron chi connectivity index (χ3n) is 2.31. The summed E-state index contributed by atoms with van der Waals surface area (Å²) in [5.74, 6) is 0. The van der Waals surface area contributed by atoms with Gasteiger partial charge in [0.15, 0.2) is 0 Å². The van der Waals surface area contributed by atoms with Crippen molar-refractivity contribution in [1.82, 2.24) is 5.32 Å². The second-order valence-electron chi connectivity index (χ2n) is 3.76. The third-order valence-corrected chi connectivity index (χ3v) is 2.31. The third kappa shape index (κ3) is 21.2. The van der Waals surface area contributed by atoms with Gasteiger partial charge in [0.2, 0.25) is 0 Å². The maximum absolute atomic E-state index is 5.33. The van der Waals surface area contributed by atoms with Crippen LogP contribution in [0.4, 0.5) is 0 Å². The molecule has 0 aromatic carbocycles. The minimum Gasteiger partial charge on any atom is -0.385 e. The fraction of sp³-hybridized carbons (Fsp3) is 1.00. The smallest absolute Gasteiger partial charge is 0.0700 e. The Morgan fingerprint density at radius 3 is 2.00 bits per heavy atom. The first-order valence-corrected chi connectivity index (χ1v) is 7.18. The number of nitrogens with one attached hydrogen (secondary N) is 1. The first-order valence-electron chi connectivity index (χ1n) is 7.18. The molecule has 0 saturated carbocycles. The zero-order valence-corrected chi connectivity index (χ0v) is 12.8. The van der Waals surface area contributed by atoms with Gasteiger partial charge in [-0.15, -0.1) is 0 Å². The summed E-state index contributed by atoms with van der Waals surface area (Å²) in [4.78, 5) is 0. The molecule has 0 heterocycles. The van der Waals surface area contributed by atoms with Crippen LogP contribution in [0, 0.1) is 0 Å². The monoisotopic (exact) mass is 263 g/mol. The van der Waals surface area contributed by atoms with Crippen molar-refractivity contribution in [2.24, 2.45) is 0 Å². The van der Waals surface area contributed by atoms with Gasteiger partial charge in [0.1, 0.15) is 0 Å². The van der Waals surface area contributed by atoms with Crippen molar-refractivity contribution >= 4 is 0 Å². The Hall–Kier alpha value is -0.160. The molecule has 0 amide bonds. The number of hydrogen-bond acceptors (Lipinski definition) is 4. The number of unbranched alkanes of at least 4 members (excludes halogenated alkanes) is 3. The number of rotatable bonds is 13. The van der Waals surface area contributed by atoms with E-state index in [1.165, 1.54) is 25.7 Å². The summed E-state index contributed by atoms with van der Waals surface area (Å²) in [6.07, 6.45) is 4.96. The van der Waals surface area contributed by atoms with Gasteiger partial charge < -0.3 is 19.5 Å². The molecular weight excluding hydrogens is 230 g/mol. The highest BCUT2D eigenvalue weighted by molar-refractivity contribution is 4.48. The lowest BCUT2D eigenvalue weighted by atomic mass is 10.2. The lowest BCUT2D eigenvalue weighted by Crippen LogP contribution is -2.21. The molecule has 0 aromatic heterocycles. The molecular formula is C14H33NO3. The van der Waals surface area contributed by atoms with E-state index in [0.29, 0.717) is 13.2 Å². The van der Waals surface area contributed by atoms with Crippen LogP contribution in [0.1, 0.15) is 39.5 Å². The molecule has 0 radical (unpaired) electrons. The second-order valence-corrected chi connectivity index (χ2v) is 3.76. The van der Waals surface area contributed by atoms with Gasteiger partial charge in [0.05, 0.1) is 19.8 Å². The Morgan fingerprint density at radius 1 is 0.667 bits per heavy atom. The zero-order chi connectivity index (χ0) is 13.9. The van der Waals surface area contributed by atoms with E-state index in [4.69, 9.17) is 14.2 Å². The predicted molar refractivity (Wildman–Crippen MR) is 77.3 cm³/mol. The van der Waals surface area contributed by atoms with Crippen LogP contribution < -0.4 is 5.32 Å². The van der Waals surface area contributed by atoms with E-state index < -0.39 is 0 Å². The molecule has 0 saturated heterocycles. The van der Waals surface area contributed by atoms with Crippen molar-refractivity contribution in [3.05, 3.63) is 0 Å². The molecule has 112 valence electrons. The molecule has 0 spiro atoms. The van der Waals surface area contributed by atoms with Gasteiger partial charge in [-0.25, -0.2) is 0 Å². The number of hydrogen-bond donors (Lipinski definition) is 1. The first kappa shape index (κ1) is 20.2. The quantitative estimate of drug-likeness (QED) is 0.518. The predicted octanol–water partition coefficient (Wildman–Crippen LogP) is 2.47. The van der Waals surface area contributed by atoms with E-state index in [1.807, 2.05) is 13.8 Å². The van der Waals surface area contributed by atoms with Crippen LogP contribution in [-0.2, 0) is 14.2 Å². The standard InChI is InChI=1S/C12H27NO3.C2H6/c1-14-9-6-4-3-5-7-13-8-10-16-12-11-15-2;1-2/h13H,3-12H2,1-2H3;1-2H3. The maximum Gasteiger partial charge on any atom is 0.0700 e. The molecule has 0 atom stereocenters. The fourth-order valence-corrected chi connectivity index (χ4v) is 1.36. The maximum atomic E-state index is 5.33. The lowest BCUT2D eigenvalue weighted by molar-refractivity contribution is 0.0720. The van der Waals surface area contributed by atoms with E-state index in [9.17, 15) is 0 Å². The van der Waals surface area contributed by atoms with E-state index in [-0.39, 0.29) is 0 Å². The molecule has 0 aliphatic carbocycles. The second kappa shape index (κ2) is 22.1. The van der Waals surface area contributed by atoms with Gasteiger partial charge in [-0.05, 0) is 19.4 Å². The highest BCUT2D eigenvalue weighted by Crippen LogP contribution is 1.98. The number of ether oxygens (including phenoxy) is 3. The van der Waals surface area contributed by atoms with Crippen LogP contribution in [0.5, 0.6) is 0 Å². The summed E-state index contributed by atoms with van der Waals surface area (Å²) in [6.45, 7) is 9.05. The highest BCUT2D eigenvalue weighted by Gasteiger charge is 1.91. The normalized spacial score (nSPS) is 10.0. The summed E-state index contributed by atoms with van der Waals surface area (Å²) in [5, 5.41) is 3.36. The zero-order valence-electron chi connectivity index (χ0n) is 12.8. The fourth-order valence-electron chi connectivity index (χ4n) is 1.36. The highest BCUT2D eigenvalue weighted by atomic mass is 16.5. The Bertz CT molecular complexity index is 110. The topological polar surface area (TPSA) is 39.7 Å². The van der Waals surface area contributed by atoms with Crippen molar-refractivity contribution < 1.29 is 14.2 Å². The van der Waals surface area contributed by atoms with Gasteiger partial charge in [0.25, 0.3) is 0 Å². The van der Waals surface area contributed by atoms with Crippen LogP contribution >= 0.6 is 0 Å². The Morgan fingerprint density at radius 2 is 1.33 bits per heavy atom. The number of methoxy groups -OCH3 is 2. The molecule has 0 aliphatic heterocycles. The SMILES string of the molecule is CC.COCCCCCCNCCOCCOC. The molecule has 0 aliphatic rings. The lowest BCUT2D eigenvalue weighted by Gasteiger charge is -2.05. The molecule has 0 bridgehead atoms. The van der Waals surface area contributed by atoms with Crippen molar-refractivity contribution in [3.8, 4) is 0 Å². The molecule has 18 heavy (non-hydrogen) atoms. The van der Waals surface area contributed by atoms with Gasteiger partial charge in [0, 0.05) is 27.4 Å². The molecule has 0 aromatic rings. The summed E-state index contributed by atoms with van der Waals surface area (Å²) >= 11 is 0. The summed E-state index contributed by atoms with van der Waals surface area (Å²) in [7, 11) is 3.44. The molecule has 0 fully saturated rings. The molecule has 4 heteroatoms. The Balaban J connectivity index is 0. The van der Waals surface area contributed by atoms with E-state index in [1.54, 1.807) is 14.2 Å². The molecule has 4 nitrogen and oxygen atoms in total. The van der Waals surface area contributed by atoms with Crippen molar-refractivity contribution in [1.29, 1.82) is 0 Å². The summed E-state index contributed by atoms with van der Waals surface area (Å²) < 4.78 is 15.2. The summed E-state index contributed by atoms with van der Waals surface area (Å²) in [6, 6.07) is 0. The molecule has 0 rings (SSSR count).